The molecule has 4 atom stereocenters. The van der Waals surface area contributed by atoms with E-state index >= 15 is 0 Å². The summed E-state index contributed by atoms with van der Waals surface area (Å²) in [6.07, 6.45) is -0.487. The van der Waals surface area contributed by atoms with Gasteiger partial charge in [0.25, 0.3) is 0 Å². The van der Waals surface area contributed by atoms with E-state index in [1.54, 1.807) is 16.8 Å². The van der Waals surface area contributed by atoms with Gasteiger partial charge in [-0.3, -0.25) is 0 Å². The van der Waals surface area contributed by atoms with E-state index in [-0.39, 0.29) is 36.1 Å². The van der Waals surface area contributed by atoms with Crippen molar-refractivity contribution in [2.45, 2.75) is 24.3 Å². The Morgan fingerprint density at radius 1 is 1.06 bits per heavy atom. The minimum atomic E-state index is -0.305. The highest BCUT2D eigenvalue weighted by molar-refractivity contribution is 7.80. The van der Waals surface area contributed by atoms with E-state index in [1.165, 1.54) is 12.1 Å². The summed E-state index contributed by atoms with van der Waals surface area (Å²) < 4.78 is 32.5. The van der Waals surface area contributed by atoms with Crippen LogP contribution in [0.15, 0.2) is 54.6 Å². The van der Waals surface area contributed by atoms with Gasteiger partial charge in [0.05, 0.1) is 19.3 Å². The van der Waals surface area contributed by atoms with Crippen LogP contribution in [0.5, 0.6) is 11.8 Å². The minimum Gasteiger partial charge on any atom is -0.423 e. The molecular formula is C20H19FN6O3S. The summed E-state index contributed by atoms with van der Waals surface area (Å²) in [5.74, 6) is 0.332. The summed E-state index contributed by atoms with van der Waals surface area (Å²) in [5.41, 5.74) is 0.691. The van der Waals surface area contributed by atoms with E-state index in [1.807, 2.05) is 30.3 Å². The maximum Gasteiger partial charge on any atom is 0.341 e. The number of nitrogens with zero attached hydrogens (tertiary/aromatic N) is 4. The van der Waals surface area contributed by atoms with Crippen LogP contribution >= 0.6 is 12.2 Å². The van der Waals surface area contributed by atoms with Gasteiger partial charge >= 0.3 is 6.01 Å². The third-order valence-corrected chi connectivity index (χ3v) is 5.39. The molecule has 160 valence electrons. The topological polar surface area (TPSA) is 95.3 Å². The van der Waals surface area contributed by atoms with E-state index in [0.29, 0.717) is 29.8 Å². The van der Waals surface area contributed by atoms with Gasteiger partial charge in [-0.2, -0.15) is 4.68 Å². The third kappa shape index (κ3) is 4.20. The predicted octanol–water partition coefficient (Wildman–Crippen LogP) is 2.30. The molecule has 31 heavy (non-hydrogen) atoms. The molecule has 3 heterocycles. The average molecular weight is 442 g/mol. The van der Waals surface area contributed by atoms with Crippen LogP contribution in [0, 0.1) is 5.82 Å². The Kier molecular flexibility index (Phi) is 5.45. The second-order valence-corrected chi connectivity index (χ2v) is 7.60. The van der Waals surface area contributed by atoms with Gasteiger partial charge in [0.1, 0.15) is 29.8 Å². The lowest BCUT2D eigenvalue weighted by atomic mass is 10.1. The van der Waals surface area contributed by atoms with Gasteiger partial charge in [0.2, 0.25) is 0 Å². The summed E-state index contributed by atoms with van der Waals surface area (Å²) in [7, 11) is 0. The second kappa shape index (κ2) is 8.53. The van der Waals surface area contributed by atoms with Crippen LogP contribution in [0.3, 0.4) is 0 Å². The summed E-state index contributed by atoms with van der Waals surface area (Å²) in [6.45, 7) is 0.788. The van der Waals surface area contributed by atoms with Gasteiger partial charge in [0, 0.05) is 5.69 Å². The lowest BCUT2D eigenvalue weighted by Crippen LogP contribution is -2.45. The van der Waals surface area contributed by atoms with Gasteiger partial charge in [-0.1, -0.05) is 23.3 Å². The Labute approximate surface area is 182 Å². The van der Waals surface area contributed by atoms with Crippen molar-refractivity contribution in [3.8, 4) is 11.8 Å². The first kappa shape index (κ1) is 19.8. The lowest BCUT2D eigenvalue weighted by Gasteiger charge is -2.20. The zero-order valence-corrected chi connectivity index (χ0v) is 17.0. The number of ether oxygens (including phenoxy) is 3. The van der Waals surface area contributed by atoms with Gasteiger partial charge in [-0.05, 0) is 59.0 Å². The van der Waals surface area contributed by atoms with Crippen molar-refractivity contribution >= 4 is 23.0 Å². The number of tetrazole rings is 1. The zero-order chi connectivity index (χ0) is 21.2. The lowest BCUT2D eigenvalue weighted by molar-refractivity contribution is 0.0615. The molecule has 0 radical (unpaired) electrons. The molecule has 5 rings (SSSR count). The van der Waals surface area contributed by atoms with Gasteiger partial charge in [-0.25, -0.2) is 4.39 Å². The monoisotopic (exact) mass is 442 g/mol. The van der Waals surface area contributed by atoms with Crippen molar-refractivity contribution in [1.82, 2.24) is 25.5 Å². The molecule has 2 saturated heterocycles. The molecular weight excluding hydrogens is 423 g/mol. The first-order chi connectivity index (χ1) is 15.2. The fourth-order valence-electron chi connectivity index (χ4n) is 3.74. The summed E-state index contributed by atoms with van der Waals surface area (Å²) in [6, 6.07) is 15.2. The number of aromatic nitrogens is 4. The van der Waals surface area contributed by atoms with E-state index in [4.69, 9.17) is 26.4 Å². The van der Waals surface area contributed by atoms with Crippen LogP contribution in [0.4, 0.5) is 10.1 Å². The number of benzene rings is 2. The molecule has 3 aromatic rings. The quantitative estimate of drug-likeness (QED) is 0.577. The summed E-state index contributed by atoms with van der Waals surface area (Å²) in [4.78, 5) is 0. The fourth-order valence-corrected chi connectivity index (χ4v) is 4.01. The third-order valence-electron chi connectivity index (χ3n) is 5.17. The van der Waals surface area contributed by atoms with E-state index in [0.717, 1.165) is 0 Å². The molecule has 2 aliphatic rings. The van der Waals surface area contributed by atoms with Crippen molar-refractivity contribution < 1.29 is 18.6 Å². The number of nitrogens with one attached hydrogen (secondary N) is 2. The summed E-state index contributed by atoms with van der Waals surface area (Å²) in [5, 5.41) is 18.5. The first-order valence-electron chi connectivity index (χ1n) is 9.74. The zero-order valence-electron chi connectivity index (χ0n) is 16.2. The summed E-state index contributed by atoms with van der Waals surface area (Å²) >= 11 is 5.38. The molecule has 2 fully saturated rings. The van der Waals surface area contributed by atoms with Crippen LogP contribution in [0.25, 0.3) is 0 Å². The van der Waals surface area contributed by atoms with E-state index in [9.17, 15) is 4.39 Å². The van der Waals surface area contributed by atoms with Crippen molar-refractivity contribution in [1.29, 1.82) is 0 Å². The molecule has 1 aromatic heterocycles. The van der Waals surface area contributed by atoms with E-state index in [2.05, 4.69) is 26.2 Å². The van der Waals surface area contributed by atoms with Crippen molar-refractivity contribution in [3.63, 3.8) is 0 Å². The molecule has 2 aliphatic heterocycles. The van der Waals surface area contributed by atoms with Crippen LogP contribution in [-0.4, -0.2) is 56.8 Å². The second-order valence-electron chi connectivity index (χ2n) is 7.20. The number of thiocarbonyl (C=S) groups is 1. The van der Waals surface area contributed by atoms with Crippen molar-refractivity contribution in [2.24, 2.45) is 0 Å². The number of anilines is 1. The normalized spacial score (nSPS) is 24.5. The molecule has 0 unspecified atom stereocenters. The number of halogens is 1. The molecule has 0 amide bonds. The average Bonchev–Trinajstić information content (AvgIpc) is 3.48. The number of hydrogen-bond donors (Lipinski definition) is 2. The molecule has 0 aliphatic carbocycles. The maximum atomic E-state index is 13.1. The smallest absolute Gasteiger partial charge is 0.341 e. The highest BCUT2D eigenvalue weighted by Crippen LogP contribution is 2.36. The minimum absolute atomic E-state index is 0.148. The highest BCUT2D eigenvalue weighted by Gasteiger charge is 2.50. The van der Waals surface area contributed by atoms with Crippen LogP contribution in [-0.2, 0) is 9.47 Å². The van der Waals surface area contributed by atoms with Gasteiger partial charge in [-0.15, -0.1) is 0 Å². The molecule has 2 aromatic carbocycles. The Balaban J connectivity index is 1.23. The standard InChI is InChI=1S/C20H19FN6O3S/c21-12-6-8-13(9-7-12)22-19(31)23-15-10-28-18-16(11-29-17(15)18)27-20(24-25-26-27)30-14-4-2-1-3-5-14/h1-9,15-18H,10-11H2,(H2,22,23,31)/t15-,16-,17+,18+/m0/s1. The first-order valence-corrected chi connectivity index (χ1v) is 10.2. The SMILES string of the molecule is Fc1ccc(NC(=S)N[C@H]2CO[C@H]3[C@@H]2OC[C@@H]3n2nnnc2Oc2ccccc2)cc1. The predicted molar refractivity (Wildman–Crippen MR) is 112 cm³/mol. The Morgan fingerprint density at radius 2 is 1.84 bits per heavy atom. The number of hydrogen-bond acceptors (Lipinski definition) is 7. The van der Waals surface area contributed by atoms with Crippen LogP contribution < -0.4 is 15.4 Å². The van der Waals surface area contributed by atoms with E-state index < -0.39 is 0 Å². The van der Waals surface area contributed by atoms with Gasteiger partial charge in [0.15, 0.2) is 5.11 Å². The van der Waals surface area contributed by atoms with Crippen LogP contribution in [0.2, 0.25) is 0 Å². The molecule has 11 heteroatoms. The molecule has 0 saturated carbocycles. The maximum absolute atomic E-state index is 13.1. The fraction of sp³-hybridized carbons (Fsp3) is 0.300. The largest absolute Gasteiger partial charge is 0.423 e. The number of rotatable bonds is 5. The van der Waals surface area contributed by atoms with Gasteiger partial charge < -0.3 is 24.8 Å². The number of fused-ring (bicyclic) bond motifs is 1. The van der Waals surface area contributed by atoms with Crippen LogP contribution in [0.1, 0.15) is 6.04 Å². The highest BCUT2D eigenvalue weighted by atomic mass is 32.1. The molecule has 0 spiro atoms. The molecule has 9 nitrogen and oxygen atoms in total. The molecule has 0 bridgehead atoms. The van der Waals surface area contributed by atoms with Crippen molar-refractivity contribution in [2.75, 3.05) is 18.5 Å². The Morgan fingerprint density at radius 3 is 2.65 bits per heavy atom. The number of para-hydroxylation sites is 1. The molecule has 2 N–H and O–H groups in total. The Hall–Kier alpha value is -3.15. The van der Waals surface area contributed by atoms with Crippen molar-refractivity contribution in [3.05, 3.63) is 60.4 Å². The Bertz CT molecular complexity index is 1050.